The SMILES string of the molecule is COc1cc(Cl)c(C2(CN)CCCCC2)c(C)c1OC. The number of rotatable bonds is 4. The quantitative estimate of drug-likeness (QED) is 0.918. The van der Waals surface area contributed by atoms with Gasteiger partial charge in [-0.3, -0.25) is 0 Å². The zero-order chi connectivity index (χ0) is 14.8. The molecule has 1 fully saturated rings. The van der Waals surface area contributed by atoms with Crippen molar-refractivity contribution in [2.75, 3.05) is 20.8 Å². The first-order valence-electron chi connectivity index (χ1n) is 7.21. The van der Waals surface area contributed by atoms with Gasteiger partial charge < -0.3 is 15.2 Å². The van der Waals surface area contributed by atoms with Crippen molar-refractivity contribution in [2.45, 2.75) is 44.4 Å². The van der Waals surface area contributed by atoms with Crippen LogP contribution in [0.25, 0.3) is 0 Å². The predicted octanol–water partition coefficient (Wildman–Crippen LogP) is 3.83. The molecule has 1 saturated carbocycles. The van der Waals surface area contributed by atoms with Gasteiger partial charge in [0.1, 0.15) is 0 Å². The Kier molecular flexibility index (Phi) is 4.82. The first kappa shape index (κ1) is 15.5. The maximum atomic E-state index is 6.55. The van der Waals surface area contributed by atoms with Crippen LogP contribution in [0, 0.1) is 6.92 Å². The Morgan fingerprint density at radius 3 is 2.35 bits per heavy atom. The van der Waals surface area contributed by atoms with E-state index in [0.717, 1.165) is 34.7 Å². The van der Waals surface area contributed by atoms with E-state index >= 15 is 0 Å². The van der Waals surface area contributed by atoms with Gasteiger partial charge in [-0.25, -0.2) is 0 Å². The molecule has 0 aromatic heterocycles. The van der Waals surface area contributed by atoms with Crippen LogP contribution in [-0.4, -0.2) is 20.8 Å². The highest BCUT2D eigenvalue weighted by Crippen LogP contribution is 2.48. The van der Waals surface area contributed by atoms with Crippen LogP contribution in [0.3, 0.4) is 0 Å². The number of ether oxygens (including phenoxy) is 2. The summed E-state index contributed by atoms with van der Waals surface area (Å²) >= 11 is 6.55. The van der Waals surface area contributed by atoms with E-state index in [0.29, 0.717) is 12.3 Å². The lowest BCUT2D eigenvalue weighted by Crippen LogP contribution is -2.38. The Balaban J connectivity index is 2.60. The van der Waals surface area contributed by atoms with Gasteiger partial charge in [0.15, 0.2) is 11.5 Å². The fourth-order valence-electron chi connectivity index (χ4n) is 3.57. The molecule has 0 amide bonds. The number of benzene rings is 1. The maximum absolute atomic E-state index is 6.55. The molecular formula is C16H24ClNO2. The third-order valence-corrected chi connectivity index (χ3v) is 4.89. The van der Waals surface area contributed by atoms with E-state index in [1.165, 1.54) is 19.3 Å². The number of halogens is 1. The molecule has 0 heterocycles. The summed E-state index contributed by atoms with van der Waals surface area (Å²) in [5.41, 5.74) is 8.34. The highest BCUT2D eigenvalue weighted by Gasteiger charge is 2.37. The molecule has 1 aliphatic rings. The Morgan fingerprint density at radius 1 is 1.20 bits per heavy atom. The van der Waals surface area contributed by atoms with Crippen LogP contribution in [0.2, 0.25) is 5.02 Å². The van der Waals surface area contributed by atoms with Crippen LogP contribution in [0.5, 0.6) is 11.5 Å². The van der Waals surface area contributed by atoms with E-state index in [-0.39, 0.29) is 5.41 Å². The summed E-state index contributed by atoms with van der Waals surface area (Å²) in [6, 6.07) is 1.86. The molecule has 3 nitrogen and oxygen atoms in total. The lowest BCUT2D eigenvalue weighted by Gasteiger charge is -2.39. The Bertz CT molecular complexity index is 482. The van der Waals surface area contributed by atoms with Crippen molar-refractivity contribution in [3.63, 3.8) is 0 Å². The summed E-state index contributed by atoms with van der Waals surface area (Å²) in [7, 11) is 3.30. The fourth-order valence-corrected chi connectivity index (χ4v) is 4.01. The highest BCUT2D eigenvalue weighted by molar-refractivity contribution is 6.31. The molecule has 0 saturated heterocycles. The molecule has 2 rings (SSSR count). The summed E-state index contributed by atoms with van der Waals surface area (Å²) < 4.78 is 10.9. The monoisotopic (exact) mass is 297 g/mol. The van der Waals surface area contributed by atoms with Gasteiger partial charge in [-0.2, -0.15) is 0 Å². The maximum Gasteiger partial charge on any atom is 0.164 e. The van der Waals surface area contributed by atoms with Gasteiger partial charge in [0.2, 0.25) is 0 Å². The zero-order valence-electron chi connectivity index (χ0n) is 12.6. The second-order valence-electron chi connectivity index (χ2n) is 5.64. The van der Waals surface area contributed by atoms with Crippen LogP contribution < -0.4 is 15.2 Å². The highest BCUT2D eigenvalue weighted by atomic mass is 35.5. The normalized spacial score (nSPS) is 17.9. The summed E-state index contributed by atoms with van der Waals surface area (Å²) in [4.78, 5) is 0. The van der Waals surface area contributed by atoms with Gasteiger partial charge >= 0.3 is 0 Å². The van der Waals surface area contributed by atoms with E-state index in [1.54, 1.807) is 14.2 Å². The molecule has 4 heteroatoms. The molecular weight excluding hydrogens is 274 g/mol. The lowest BCUT2D eigenvalue weighted by atomic mass is 9.68. The molecule has 0 spiro atoms. The van der Waals surface area contributed by atoms with Crippen molar-refractivity contribution in [1.29, 1.82) is 0 Å². The van der Waals surface area contributed by atoms with Gasteiger partial charge in [-0.05, 0) is 25.3 Å². The third-order valence-electron chi connectivity index (χ3n) is 4.59. The minimum Gasteiger partial charge on any atom is -0.493 e. The number of methoxy groups -OCH3 is 2. The molecule has 1 aromatic carbocycles. The zero-order valence-corrected chi connectivity index (χ0v) is 13.3. The Hall–Kier alpha value is -0.930. The molecule has 20 heavy (non-hydrogen) atoms. The standard InChI is InChI=1S/C16H24ClNO2/c1-11-14(16(10-18)7-5-4-6-8-16)12(17)9-13(19-2)15(11)20-3/h9H,4-8,10,18H2,1-3H3. The first-order valence-corrected chi connectivity index (χ1v) is 7.59. The fraction of sp³-hybridized carbons (Fsp3) is 0.625. The number of nitrogens with two attached hydrogens (primary N) is 1. The summed E-state index contributed by atoms with van der Waals surface area (Å²) in [5, 5.41) is 0.743. The molecule has 0 aliphatic heterocycles. The minimum atomic E-state index is -0.0149. The van der Waals surface area contributed by atoms with E-state index in [2.05, 4.69) is 6.92 Å². The second kappa shape index (κ2) is 6.23. The molecule has 1 aromatic rings. The Morgan fingerprint density at radius 2 is 1.85 bits per heavy atom. The lowest BCUT2D eigenvalue weighted by molar-refractivity contribution is 0.296. The second-order valence-corrected chi connectivity index (χ2v) is 6.05. The van der Waals surface area contributed by atoms with E-state index in [4.69, 9.17) is 26.8 Å². The van der Waals surface area contributed by atoms with Crippen LogP contribution in [-0.2, 0) is 5.41 Å². The van der Waals surface area contributed by atoms with E-state index in [1.807, 2.05) is 6.07 Å². The third kappa shape index (κ3) is 2.49. The first-order chi connectivity index (χ1) is 9.59. The van der Waals surface area contributed by atoms with Crippen LogP contribution in [0.4, 0.5) is 0 Å². The molecule has 0 radical (unpaired) electrons. The van der Waals surface area contributed by atoms with Crippen molar-refractivity contribution in [2.24, 2.45) is 5.73 Å². The van der Waals surface area contributed by atoms with Crippen LogP contribution in [0.1, 0.15) is 43.2 Å². The topological polar surface area (TPSA) is 44.5 Å². The van der Waals surface area contributed by atoms with E-state index < -0.39 is 0 Å². The summed E-state index contributed by atoms with van der Waals surface area (Å²) in [5.74, 6) is 1.45. The summed E-state index contributed by atoms with van der Waals surface area (Å²) in [6.07, 6.45) is 5.90. The smallest absolute Gasteiger partial charge is 0.164 e. The Labute approximate surface area is 126 Å². The number of hydrogen-bond acceptors (Lipinski definition) is 3. The minimum absolute atomic E-state index is 0.0149. The van der Waals surface area contributed by atoms with Gasteiger partial charge in [0, 0.05) is 28.6 Å². The number of hydrogen-bond donors (Lipinski definition) is 1. The van der Waals surface area contributed by atoms with Crippen molar-refractivity contribution in [1.82, 2.24) is 0 Å². The van der Waals surface area contributed by atoms with Gasteiger partial charge in [-0.15, -0.1) is 0 Å². The van der Waals surface area contributed by atoms with E-state index in [9.17, 15) is 0 Å². The molecule has 0 unspecified atom stereocenters. The molecule has 1 aliphatic carbocycles. The van der Waals surface area contributed by atoms with Crippen molar-refractivity contribution in [3.05, 3.63) is 22.2 Å². The molecule has 112 valence electrons. The predicted molar refractivity (Wildman–Crippen MR) is 83.1 cm³/mol. The van der Waals surface area contributed by atoms with Crippen molar-refractivity contribution in [3.8, 4) is 11.5 Å². The summed E-state index contributed by atoms with van der Waals surface area (Å²) in [6.45, 7) is 2.68. The molecule has 0 atom stereocenters. The average molecular weight is 298 g/mol. The van der Waals surface area contributed by atoms with Crippen LogP contribution >= 0.6 is 11.6 Å². The van der Waals surface area contributed by atoms with Crippen LogP contribution in [0.15, 0.2) is 6.07 Å². The molecule has 2 N–H and O–H groups in total. The molecule has 0 bridgehead atoms. The van der Waals surface area contributed by atoms with Gasteiger partial charge in [0.25, 0.3) is 0 Å². The largest absolute Gasteiger partial charge is 0.493 e. The average Bonchev–Trinajstić information content (AvgIpc) is 2.47. The van der Waals surface area contributed by atoms with Crippen molar-refractivity contribution >= 4 is 11.6 Å². The van der Waals surface area contributed by atoms with Gasteiger partial charge in [-0.1, -0.05) is 30.9 Å². The van der Waals surface area contributed by atoms with Gasteiger partial charge in [0.05, 0.1) is 14.2 Å². The van der Waals surface area contributed by atoms with Crippen molar-refractivity contribution < 1.29 is 9.47 Å².